The molecule has 1 fully saturated rings. The first-order valence-electron chi connectivity index (χ1n) is 9.63. The van der Waals surface area contributed by atoms with Crippen LogP contribution in [0, 0.1) is 0 Å². The molecule has 1 unspecified atom stereocenters. The van der Waals surface area contributed by atoms with E-state index in [0.717, 1.165) is 5.56 Å². The summed E-state index contributed by atoms with van der Waals surface area (Å²) in [5.74, 6) is -1.15. The van der Waals surface area contributed by atoms with Crippen LogP contribution in [0.3, 0.4) is 0 Å². The molecule has 2 aromatic carbocycles. The first-order chi connectivity index (χ1) is 14.0. The van der Waals surface area contributed by atoms with Gasteiger partial charge in [0.25, 0.3) is 5.91 Å². The Labute approximate surface area is 168 Å². The van der Waals surface area contributed by atoms with E-state index in [1.807, 2.05) is 30.3 Å². The van der Waals surface area contributed by atoms with E-state index in [0.29, 0.717) is 36.1 Å². The van der Waals surface area contributed by atoms with E-state index in [4.69, 9.17) is 0 Å². The predicted molar refractivity (Wildman–Crippen MR) is 106 cm³/mol. The molecule has 1 saturated heterocycles. The Morgan fingerprint density at radius 3 is 2.62 bits per heavy atom. The lowest BCUT2D eigenvalue weighted by Gasteiger charge is -2.29. The van der Waals surface area contributed by atoms with Crippen LogP contribution in [0.2, 0.25) is 0 Å². The van der Waals surface area contributed by atoms with Crippen LogP contribution >= 0.6 is 0 Å². The van der Waals surface area contributed by atoms with Crippen LogP contribution in [0.5, 0.6) is 0 Å². The Morgan fingerprint density at radius 2 is 1.86 bits per heavy atom. The highest BCUT2D eigenvalue weighted by Gasteiger charge is 2.39. The number of nitrogens with zero attached hydrogens (tertiary/aromatic N) is 1. The van der Waals surface area contributed by atoms with E-state index < -0.39 is 11.9 Å². The number of carbonyl (C=O) groups excluding carboxylic acids is 4. The van der Waals surface area contributed by atoms with Crippen molar-refractivity contribution in [2.45, 2.75) is 38.3 Å². The van der Waals surface area contributed by atoms with E-state index in [2.05, 4.69) is 10.6 Å². The molecule has 29 heavy (non-hydrogen) atoms. The maximum absolute atomic E-state index is 12.8. The van der Waals surface area contributed by atoms with Crippen molar-refractivity contribution < 1.29 is 19.2 Å². The van der Waals surface area contributed by atoms with Crippen molar-refractivity contribution in [2.75, 3.05) is 5.32 Å². The summed E-state index contributed by atoms with van der Waals surface area (Å²) in [5, 5.41) is 5.19. The zero-order valence-electron chi connectivity index (χ0n) is 15.8. The minimum absolute atomic E-state index is 0.130. The minimum atomic E-state index is -0.672. The fourth-order valence-electron chi connectivity index (χ4n) is 3.82. The second-order valence-electron chi connectivity index (χ2n) is 7.27. The van der Waals surface area contributed by atoms with Gasteiger partial charge in [0.1, 0.15) is 6.04 Å². The van der Waals surface area contributed by atoms with Crippen LogP contribution in [0.4, 0.5) is 5.69 Å². The molecule has 1 atom stereocenters. The first-order valence-corrected chi connectivity index (χ1v) is 9.63. The number of rotatable bonds is 5. The van der Waals surface area contributed by atoms with Crippen LogP contribution in [0.25, 0.3) is 0 Å². The SMILES string of the molecule is O=C1CCC(N2Cc3c(NC(=O)CCc4ccccc4)cccc3C2=O)C(=O)N1. The van der Waals surface area contributed by atoms with Crippen LogP contribution in [0.1, 0.15) is 40.7 Å². The fourth-order valence-corrected chi connectivity index (χ4v) is 3.82. The van der Waals surface area contributed by atoms with Gasteiger partial charge >= 0.3 is 0 Å². The minimum Gasteiger partial charge on any atom is -0.326 e. The number of hydrogen-bond donors (Lipinski definition) is 2. The van der Waals surface area contributed by atoms with Crippen molar-refractivity contribution in [2.24, 2.45) is 0 Å². The Hall–Kier alpha value is -3.48. The van der Waals surface area contributed by atoms with Crippen molar-refractivity contribution in [1.82, 2.24) is 10.2 Å². The van der Waals surface area contributed by atoms with Crippen LogP contribution in [0.15, 0.2) is 48.5 Å². The molecular formula is C22H21N3O4. The number of benzene rings is 2. The Kier molecular flexibility index (Phi) is 5.12. The number of aryl methyl sites for hydroxylation is 1. The molecule has 2 aromatic rings. The topological polar surface area (TPSA) is 95.6 Å². The van der Waals surface area contributed by atoms with Gasteiger partial charge in [-0.25, -0.2) is 0 Å². The van der Waals surface area contributed by atoms with Crippen molar-refractivity contribution in [3.8, 4) is 0 Å². The van der Waals surface area contributed by atoms with E-state index >= 15 is 0 Å². The molecule has 0 aliphatic carbocycles. The van der Waals surface area contributed by atoms with E-state index in [1.54, 1.807) is 18.2 Å². The van der Waals surface area contributed by atoms with Gasteiger partial charge in [0, 0.05) is 36.2 Å². The highest BCUT2D eigenvalue weighted by atomic mass is 16.2. The average Bonchev–Trinajstić information content (AvgIpc) is 3.05. The fraction of sp³-hybridized carbons (Fsp3) is 0.273. The molecule has 0 radical (unpaired) electrons. The predicted octanol–water partition coefficient (Wildman–Crippen LogP) is 2.02. The van der Waals surface area contributed by atoms with Crippen LogP contribution in [-0.2, 0) is 27.3 Å². The van der Waals surface area contributed by atoms with Gasteiger partial charge in [-0.05, 0) is 30.5 Å². The number of carbonyl (C=O) groups is 4. The number of piperidine rings is 1. The molecule has 7 nitrogen and oxygen atoms in total. The highest BCUT2D eigenvalue weighted by molar-refractivity contribution is 6.06. The molecule has 2 aliphatic heterocycles. The molecule has 2 N–H and O–H groups in total. The Balaban J connectivity index is 1.46. The molecule has 0 bridgehead atoms. The maximum atomic E-state index is 12.8. The summed E-state index contributed by atoms with van der Waals surface area (Å²) in [6.07, 6.45) is 1.48. The Bertz CT molecular complexity index is 987. The molecule has 2 heterocycles. The quantitative estimate of drug-likeness (QED) is 0.763. The number of hydrogen-bond acceptors (Lipinski definition) is 4. The normalized spacial score (nSPS) is 18.4. The zero-order chi connectivity index (χ0) is 20.4. The lowest BCUT2D eigenvalue weighted by Crippen LogP contribution is -2.52. The van der Waals surface area contributed by atoms with Gasteiger partial charge in [-0.1, -0.05) is 36.4 Å². The second-order valence-corrected chi connectivity index (χ2v) is 7.27. The lowest BCUT2D eigenvalue weighted by atomic mass is 10.0. The second kappa shape index (κ2) is 7.87. The molecule has 4 rings (SSSR count). The standard InChI is InChI=1S/C22H21N3O4/c26-19(11-9-14-5-2-1-3-6-14)23-17-8-4-7-15-16(17)13-25(22(15)29)18-10-12-20(27)24-21(18)28/h1-8,18H,9-13H2,(H,23,26)(H,24,27,28). The average molecular weight is 391 g/mol. The molecule has 0 saturated carbocycles. The third-order valence-corrected chi connectivity index (χ3v) is 5.34. The van der Waals surface area contributed by atoms with Crippen molar-refractivity contribution >= 4 is 29.3 Å². The number of anilines is 1. The lowest BCUT2D eigenvalue weighted by molar-refractivity contribution is -0.137. The van der Waals surface area contributed by atoms with Crippen molar-refractivity contribution in [3.63, 3.8) is 0 Å². The largest absolute Gasteiger partial charge is 0.326 e. The van der Waals surface area contributed by atoms with Gasteiger partial charge in [0.15, 0.2) is 0 Å². The maximum Gasteiger partial charge on any atom is 0.255 e. The summed E-state index contributed by atoms with van der Waals surface area (Å²) < 4.78 is 0. The van der Waals surface area contributed by atoms with Gasteiger partial charge in [0.05, 0.1) is 0 Å². The Morgan fingerprint density at radius 1 is 1.07 bits per heavy atom. The molecule has 0 aromatic heterocycles. The third-order valence-electron chi connectivity index (χ3n) is 5.34. The van der Waals surface area contributed by atoms with E-state index in [-0.39, 0.29) is 30.7 Å². The highest BCUT2D eigenvalue weighted by Crippen LogP contribution is 2.32. The van der Waals surface area contributed by atoms with Crippen molar-refractivity contribution in [3.05, 3.63) is 65.2 Å². The summed E-state index contributed by atoms with van der Waals surface area (Å²) >= 11 is 0. The summed E-state index contributed by atoms with van der Waals surface area (Å²) in [4.78, 5) is 50.3. The van der Waals surface area contributed by atoms with Gasteiger partial charge in [-0.15, -0.1) is 0 Å². The van der Waals surface area contributed by atoms with E-state index in [9.17, 15) is 19.2 Å². The van der Waals surface area contributed by atoms with Gasteiger partial charge < -0.3 is 10.2 Å². The third kappa shape index (κ3) is 3.89. The number of amides is 4. The molecule has 7 heteroatoms. The van der Waals surface area contributed by atoms with Gasteiger partial charge in [0.2, 0.25) is 17.7 Å². The number of fused-ring (bicyclic) bond motifs is 1. The summed E-state index contributed by atoms with van der Waals surface area (Å²) in [6, 6.07) is 14.3. The van der Waals surface area contributed by atoms with Crippen LogP contribution in [-0.4, -0.2) is 34.6 Å². The molecule has 2 aliphatic rings. The van der Waals surface area contributed by atoms with Crippen LogP contribution < -0.4 is 10.6 Å². The zero-order valence-corrected chi connectivity index (χ0v) is 15.8. The van der Waals surface area contributed by atoms with Crippen molar-refractivity contribution in [1.29, 1.82) is 0 Å². The molecule has 0 spiro atoms. The smallest absolute Gasteiger partial charge is 0.255 e. The van der Waals surface area contributed by atoms with Gasteiger partial charge in [-0.2, -0.15) is 0 Å². The number of nitrogens with one attached hydrogen (secondary N) is 2. The summed E-state index contributed by atoms with van der Waals surface area (Å²) in [6.45, 7) is 0.232. The molecular weight excluding hydrogens is 370 g/mol. The molecule has 148 valence electrons. The van der Waals surface area contributed by atoms with Gasteiger partial charge in [-0.3, -0.25) is 24.5 Å². The summed E-state index contributed by atoms with van der Waals surface area (Å²) in [7, 11) is 0. The number of imide groups is 1. The summed E-state index contributed by atoms with van der Waals surface area (Å²) in [5.41, 5.74) is 2.86. The first kappa shape index (κ1) is 18.9. The monoisotopic (exact) mass is 391 g/mol. The van der Waals surface area contributed by atoms with E-state index in [1.165, 1.54) is 4.90 Å². The molecule has 4 amide bonds.